The molecule has 0 spiro atoms. The van der Waals surface area contributed by atoms with Gasteiger partial charge in [-0.05, 0) is 44.5 Å². The van der Waals surface area contributed by atoms with E-state index < -0.39 is 8.80 Å². The molecule has 0 aliphatic rings. The van der Waals surface area contributed by atoms with Crippen LogP contribution in [0.5, 0.6) is 0 Å². The number of nitrogens with one attached hydrogen (secondary N) is 1. The number of azo groups is 1. The van der Waals surface area contributed by atoms with Crippen LogP contribution >= 0.6 is 0 Å². The van der Waals surface area contributed by atoms with E-state index in [2.05, 4.69) is 15.5 Å². The molecule has 0 fully saturated rings. The van der Waals surface area contributed by atoms with Gasteiger partial charge in [-0.15, -0.1) is 0 Å². The van der Waals surface area contributed by atoms with Crippen molar-refractivity contribution in [1.82, 2.24) is 4.57 Å². The average Bonchev–Trinajstić information content (AvgIpc) is 3.02. The van der Waals surface area contributed by atoms with E-state index in [-0.39, 0.29) is 0 Å². The molecule has 0 unspecified atom stereocenters. The standard InChI is InChI=1S/C19H31N5O3Si/c1-6-26-28(25-5,27-7-2)16-8-13-20-17-9-11-18(12-10-17)21-22-19-23(3)14-15-24(19)4/h9-12,14-15H,6-8,13,16H2,1-5H3/p+1. The number of hydrogen-bond acceptors (Lipinski definition) is 6. The predicted octanol–water partition coefficient (Wildman–Crippen LogP) is 3.73. The first-order valence-corrected chi connectivity index (χ1v) is 11.6. The molecule has 0 atom stereocenters. The molecule has 0 aliphatic heterocycles. The van der Waals surface area contributed by atoms with Crippen molar-refractivity contribution in [3.63, 3.8) is 0 Å². The van der Waals surface area contributed by atoms with Gasteiger partial charge in [0.15, 0.2) is 0 Å². The van der Waals surface area contributed by atoms with Crippen LogP contribution in [0.4, 0.5) is 17.3 Å². The van der Waals surface area contributed by atoms with Gasteiger partial charge in [-0.25, -0.2) is 9.13 Å². The molecule has 1 N–H and O–H groups in total. The fraction of sp³-hybridized carbons (Fsp3) is 0.526. The Bertz CT molecular complexity index is 723. The summed E-state index contributed by atoms with van der Waals surface area (Å²) < 4.78 is 21.1. The fourth-order valence-corrected chi connectivity index (χ4v) is 5.16. The maximum atomic E-state index is 5.80. The third-order valence-electron chi connectivity index (χ3n) is 4.30. The minimum Gasteiger partial charge on any atom is -0.385 e. The van der Waals surface area contributed by atoms with Crippen LogP contribution in [0.15, 0.2) is 46.9 Å². The van der Waals surface area contributed by atoms with Gasteiger partial charge in [0, 0.05) is 43.7 Å². The van der Waals surface area contributed by atoms with Crippen molar-refractivity contribution in [2.75, 3.05) is 32.2 Å². The zero-order valence-corrected chi connectivity index (χ0v) is 18.5. The molecule has 9 heteroatoms. The highest BCUT2D eigenvalue weighted by Gasteiger charge is 2.38. The van der Waals surface area contributed by atoms with E-state index in [0.717, 1.165) is 36.3 Å². The van der Waals surface area contributed by atoms with Crippen molar-refractivity contribution in [2.24, 2.45) is 24.3 Å². The van der Waals surface area contributed by atoms with Crippen molar-refractivity contribution in [3.8, 4) is 0 Å². The number of imidazole rings is 1. The Kier molecular flexibility index (Phi) is 8.77. The van der Waals surface area contributed by atoms with E-state index in [1.807, 2.05) is 73.7 Å². The average molecular weight is 407 g/mol. The second-order valence-corrected chi connectivity index (χ2v) is 9.20. The smallest absolute Gasteiger partial charge is 0.385 e. The van der Waals surface area contributed by atoms with Gasteiger partial charge in [-0.2, -0.15) is 0 Å². The van der Waals surface area contributed by atoms with Gasteiger partial charge in [-0.3, -0.25) is 0 Å². The predicted molar refractivity (Wildman–Crippen MR) is 111 cm³/mol. The molecular weight excluding hydrogens is 374 g/mol. The molecule has 0 bridgehead atoms. The maximum Gasteiger partial charge on any atom is 0.500 e. The number of nitrogens with zero attached hydrogens (tertiary/aromatic N) is 4. The van der Waals surface area contributed by atoms with Crippen LogP contribution in [0.25, 0.3) is 0 Å². The minimum absolute atomic E-state index is 0.601. The number of aryl methyl sites for hydroxylation is 2. The van der Waals surface area contributed by atoms with Gasteiger partial charge in [0.05, 0.1) is 26.5 Å². The van der Waals surface area contributed by atoms with Gasteiger partial charge >= 0.3 is 14.8 Å². The normalized spacial score (nSPS) is 12.0. The van der Waals surface area contributed by atoms with Gasteiger partial charge in [-0.1, -0.05) is 5.11 Å². The Labute approximate surface area is 168 Å². The molecule has 1 aromatic heterocycles. The zero-order chi connectivity index (χ0) is 20.4. The monoisotopic (exact) mass is 406 g/mol. The van der Waals surface area contributed by atoms with Gasteiger partial charge in [0.2, 0.25) is 0 Å². The Morgan fingerprint density at radius 3 is 2.32 bits per heavy atom. The first-order chi connectivity index (χ1) is 13.5. The topological polar surface area (TPSA) is 73.2 Å². The summed E-state index contributed by atoms with van der Waals surface area (Å²) in [6.45, 7) is 5.95. The summed E-state index contributed by atoms with van der Waals surface area (Å²) in [5.41, 5.74) is 1.85. The first kappa shape index (κ1) is 22.2. The van der Waals surface area contributed by atoms with Gasteiger partial charge in [0.25, 0.3) is 0 Å². The molecule has 0 aliphatic carbocycles. The second kappa shape index (κ2) is 11.1. The van der Waals surface area contributed by atoms with Crippen molar-refractivity contribution in [3.05, 3.63) is 36.7 Å². The van der Waals surface area contributed by atoms with E-state index in [1.54, 1.807) is 7.11 Å². The van der Waals surface area contributed by atoms with Crippen LogP contribution in [0.2, 0.25) is 6.04 Å². The third kappa shape index (κ3) is 6.23. The Morgan fingerprint density at radius 2 is 1.79 bits per heavy atom. The molecule has 0 radical (unpaired) electrons. The lowest BCUT2D eigenvalue weighted by Gasteiger charge is -2.27. The molecule has 2 aromatic rings. The molecule has 0 saturated heterocycles. The molecular formula is C19H32N5O3Si+. The minimum atomic E-state index is -2.53. The van der Waals surface area contributed by atoms with Crippen LogP contribution in [0.1, 0.15) is 20.3 Å². The van der Waals surface area contributed by atoms with Crippen LogP contribution in [0.3, 0.4) is 0 Å². The molecule has 1 aromatic carbocycles. The van der Waals surface area contributed by atoms with Crippen molar-refractivity contribution < 1.29 is 17.8 Å². The second-order valence-electron chi connectivity index (χ2n) is 6.35. The van der Waals surface area contributed by atoms with E-state index in [0.29, 0.717) is 13.2 Å². The summed E-state index contributed by atoms with van der Waals surface area (Å²) in [5.74, 6) is 0.789. The number of aromatic nitrogens is 2. The number of rotatable bonds is 12. The van der Waals surface area contributed by atoms with E-state index in [4.69, 9.17) is 13.3 Å². The van der Waals surface area contributed by atoms with Crippen LogP contribution in [-0.4, -0.2) is 40.2 Å². The molecule has 28 heavy (non-hydrogen) atoms. The first-order valence-electron chi connectivity index (χ1n) is 9.63. The summed E-state index contributed by atoms with van der Waals surface area (Å²) in [6.07, 6.45) is 4.80. The van der Waals surface area contributed by atoms with Crippen LogP contribution in [-0.2, 0) is 27.4 Å². The summed E-state index contributed by atoms with van der Waals surface area (Å²) in [5, 5.41) is 12.0. The molecule has 1 heterocycles. The number of anilines is 1. The summed E-state index contributed by atoms with van der Waals surface area (Å²) in [6, 6.07) is 8.70. The van der Waals surface area contributed by atoms with Gasteiger partial charge in [0.1, 0.15) is 5.69 Å². The Hall–Kier alpha value is -2.07. The Morgan fingerprint density at radius 1 is 1.11 bits per heavy atom. The quantitative estimate of drug-likeness (QED) is 0.252. The van der Waals surface area contributed by atoms with E-state index >= 15 is 0 Å². The van der Waals surface area contributed by atoms with Gasteiger partial charge < -0.3 is 18.6 Å². The largest absolute Gasteiger partial charge is 0.500 e. The fourth-order valence-electron chi connectivity index (χ4n) is 2.85. The molecule has 8 nitrogen and oxygen atoms in total. The maximum absolute atomic E-state index is 5.80. The summed E-state index contributed by atoms with van der Waals surface area (Å²) in [7, 11) is 3.03. The highest BCUT2D eigenvalue weighted by Crippen LogP contribution is 2.20. The van der Waals surface area contributed by atoms with Crippen molar-refractivity contribution >= 4 is 26.1 Å². The lowest BCUT2D eigenvalue weighted by Crippen LogP contribution is -2.45. The number of hydrogen-bond donors (Lipinski definition) is 1. The number of benzene rings is 1. The zero-order valence-electron chi connectivity index (χ0n) is 17.5. The lowest BCUT2D eigenvalue weighted by atomic mass is 10.3. The molecule has 0 amide bonds. The molecule has 2 rings (SSSR count). The third-order valence-corrected chi connectivity index (χ3v) is 7.34. The van der Waals surface area contributed by atoms with Crippen LogP contribution in [0, 0.1) is 0 Å². The van der Waals surface area contributed by atoms with E-state index in [9.17, 15) is 0 Å². The SMILES string of the molecule is CCO[Si](CCCNc1ccc(/N=N/c2n(C)cc[n+]2C)cc1)(OC)OCC. The summed E-state index contributed by atoms with van der Waals surface area (Å²) in [4.78, 5) is 0. The van der Waals surface area contributed by atoms with Crippen molar-refractivity contribution in [1.29, 1.82) is 0 Å². The summed E-state index contributed by atoms with van der Waals surface area (Å²) >= 11 is 0. The molecule has 154 valence electrons. The van der Waals surface area contributed by atoms with Crippen LogP contribution < -0.4 is 9.88 Å². The molecule has 0 saturated carbocycles. The highest BCUT2D eigenvalue weighted by atomic mass is 28.4. The van der Waals surface area contributed by atoms with E-state index in [1.165, 1.54) is 0 Å². The van der Waals surface area contributed by atoms with Crippen molar-refractivity contribution in [2.45, 2.75) is 26.3 Å². The Balaban J connectivity index is 1.84. The highest BCUT2D eigenvalue weighted by molar-refractivity contribution is 6.60. The lowest BCUT2D eigenvalue weighted by molar-refractivity contribution is -0.657.